The molecule has 1 atom stereocenters. The number of nitrogens with one attached hydrogen (secondary N) is 1. The third-order valence-corrected chi connectivity index (χ3v) is 3.02. The zero-order valence-corrected chi connectivity index (χ0v) is 9.90. The number of aromatic nitrogens is 1. The number of nitrogens with zero attached hydrogens (tertiary/aromatic N) is 1. The number of rotatable bonds is 3. The maximum atomic E-state index is 11.9. The van der Waals surface area contributed by atoms with E-state index in [2.05, 4.69) is 17.2 Å². The van der Waals surface area contributed by atoms with E-state index in [4.69, 9.17) is 10.5 Å². The first-order chi connectivity index (χ1) is 8.09. The van der Waals surface area contributed by atoms with Crippen LogP contribution in [0.5, 0.6) is 0 Å². The summed E-state index contributed by atoms with van der Waals surface area (Å²) in [6, 6.07) is 3.22. The highest BCUT2D eigenvalue weighted by molar-refractivity contribution is 5.94. The number of anilines is 1. The van der Waals surface area contributed by atoms with Gasteiger partial charge in [-0.2, -0.15) is 0 Å². The van der Waals surface area contributed by atoms with Gasteiger partial charge >= 0.3 is 0 Å². The standard InChI is InChI=1S/C12H17N3O2/c1-12(3-5-17-8-12)7-15-11(16)9-2-4-14-10(13)6-9/h2,4,6H,3,5,7-8H2,1H3,(H2,13,14)(H,15,16). The van der Waals surface area contributed by atoms with Gasteiger partial charge in [0, 0.05) is 30.3 Å². The second-order valence-corrected chi connectivity index (χ2v) is 4.77. The van der Waals surface area contributed by atoms with Gasteiger partial charge in [-0.3, -0.25) is 4.79 Å². The van der Waals surface area contributed by atoms with Crippen LogP contribution in [0.15, 0.2) is 18.3 Å². The van der Waals surface area contributed by atoms with E-state index in [0.717, 1.165) is 13.0 Å². The Morgan fingerprint density at radius 2 is 2.53 bits per heavy atom. The highest BCUT2D eigenvalue weighted by atomic mass is 16.5. The van der Waals surface area contributed by atoms with Gasteiger partial charge in [0.25, 0.3) is 5.91 Å². The topological polar surface area (TPSA) is 77.2 Å². The zero-order chi connectivity index (χ0) is 12.3. The number of nitrogens with two attached hydrogens (primary N) is 1. The third-order valence-electron chi connectivity index (χ3n) is 3.02. The first-order valence-corrected chi connectivity index (χ1v) is 5.67. The lowest BCUT2D eigenvalue weighted by atomic mass is 9.90. The minimum atomic E-state index is -0.118. The van der Waals surface area contributed by atoms with Gasteiger partial charge in [-0.1, -0.05) is 6.92 Å². The van der Waals surface area contributed by atoms with Crippen LogP contribution in [0.3, 0.4) is 0 Å². The van der Waals surface area contributed by atoms with Crippen molar-refractivity contribution >= 4 is 11.7 Å². The summed E-state index contributed by atoms with van der Waals surface area (Å²) in [5.41, 5.74) is 6.12. The van der Waals surface area contributed by atoms with Gasteiger partial charge in [-0.05, 0) is 18.6 Å². The van der Waals surface area contributed by atoms with Gasteiger partial charge in [0.2, 0.25) is 0 Å². The number of amides is 1. The molecule has 3 N–H and O–H groups in total. The lowest BCUT2D eigenvalue weighted by Gasteiger charge is -2.21. The molecule has 0 aliphatic carbocycles. The van der Waals surface area contributed by atoms with Crippen molar-refractivity contribution in [2.45, 2.75) is 13.3 Å². The number of hydrogen-bond acceptors (Lipinski definition) is 4. The molecule has 5 nitrogen and oxygen atoms in total. The van der Waals surface area contributed by atoms with Crippen LogP contribution in [0.25, 0.3) is 0 Å². The van der Waals surface area contributed by atoms with E-state index >= 15 is 0 Å². The summed E-state index contributed by atoms with van der Waals surface area (Å²) in [7, 11) is 0. The Labute approximate surface area is 100 Å². The number of pyridine rings is 1. The fourth-order valence-corrected chi connectivity index (χ4v) is 1.83. The molecule has 1 saturated heterocycles. The van der Waals surface area contributed by atoms with Crippen LogP contribution in [0.2, 0.25) is 0 Å². The maximum absolute atomic E-state index is 11.9. The molecule has 1 aliphatic rings. The molecular formula is C12H17N3O2. The number of carbonyl (C=O) groups excluding carboxylic acids is 1. The minimum absolute atomic E-state index is 0.0498. The molecular weight excluding hydrogens is 218 g/mol. The summed E-state index contributed by atoms with van der Waals surface area (Å²) in [5.74, 6) is 0.236. The SMILES string of the molecule is CC1(CNC(=O)c2ccnc(N)c2)CCOC1. The first-order valence-electron chi connectivity index (χ1n) is 5.67. The molecule has 2 heterocycles. The van der Waals surface area contributed by atoms with Crippen LogP contribution in [-0.2, 0) is 4.74 Å². The number of hydrogen-bond donors (Lipinski definition) is 2. The molecule has 0 aromatic carbocycles. The van der Waals surface area contributed by atoms with Crippen LogP contribution >= 0.6 is 0 Å². The Morgan fingerprint density at radius 3 is 3.18 bits per heavy atom. The molecule has 1 aliphatic heterocycles. The van der Waals surface area contributed by atoms with E-state index in [1.807, 2.05) is 0 Å². The van der Waals surface area contributed by atoms with Gasteiger partial charge in [0.1, 0.15) is 5.82 Å². The molecule has 1 aromatic heterocycles. The Hall–Kier alpha value is -1.62. The van der Waals surface area contributed by atoms with Gasteiger partial charge in [0.15, 0.2) is 0 Å². The molecule has 1 unspecified atom stereocenters. The summed E-state index contributed by atoms with van der Waals surface area (Å²) in [4.78, 5) is 15.7. The van der Waals surface area contributed by atoms with Gasteiger partial charge < -0.3 is 15.8 Å². The molecule has 1 aromatic rings. The predicted octanol–water partition coefficient (Wildman–Crippen LogP) is 0.820. The lowest BCUT2D eigenvalue weighted by molar-refractivity contribution is 0.0925. The highest BCUT2D eigenvalue weighted by Gasteiger charge is 2.30. The molecule has 0 bridgehead atoms. The molecule has 0 spiro atoms. The number of ether oxygens (including phenoxy) is 1. The zero-order valence-electron chi connectivity index (χ0n) is 9.90. The van der Waals surface area contributed by atoms with Crippen LogP contribution in [0, 0.1) is 5.41 Å². The highest BCUT2D eigenvalue weighted by Crippen LogP contribution is 2.26. The smallest absolute Gasteiger partial charge is 0.251 e. The van der Waals surface area contributed by atoms with E-state index in [0.29, 0.717) is 24.5 Å². The molecule has 92 valence electrons. The molecule has 17 heavy (non-hydrogen) atoms. The van der Waals surface area contributed by atoms with Crippen molar-refractivity contribution in [3.8, 4) is 0 Å². The lowest BCUT2D eigenvalue weighted by Crippen LogP contribution is -2.36. The van der Waals surface area contributed by atoms with Crippen LogP contribution in [0.4, 0.5) is 5.82 Å². The largest absolute Gasteiger partial charge is 0.384 e. The molecule has 0 radical (unpaired) electrons. The van der Waals surface area contributed by atoms with E-state index in [1.165, 1.54) is 6.20 Å². The predicted molar refractivity (Wildman–Crippen MR) is 64.5 cm³/mol. The second-order valence-electron chi connectivity index (χ2n) is 4.77. The minimum Gasteiger partial charge on any atom is -0.384 e. The van der Waals surface area contributed by atoms with Crippen molar-refractivity contribution in [3.05, 3.63) is 23.9 Å². The van der Waals surface area contributed by atoms with E-state index in [9.17, 15) is 4.79 Å². The van der Waals surface area contributed by atoms with Crippen molar-refractivity contribution in [3.63, 3.8) is 0 Å². The molecule has 1 amide bonds. The van der Waals surface area contributed by atoms with Crippen molar-refractivity contribution in [1.29, 1.82) is 0 Å². The maximum Gasteiger partial charge on any atom is 0.251 e. The van der Waals surface area contributed by atoms with E-state index in [1.54, 1.807) is 12.1 Å². The van der Waals surface area contributed by atoms with Crippen molar-refractivity contribution in [1.82, 2.24) is 10.3 Å². The fraction of sp³-hybridized carbons (Fsp3) is 0.500. The molecule has 5 heteroatoms. The summed E-state index contributed by atoms with van der Waals surface area (Å²) >= 11 is 0. The van der Waals surface area contributed by atoms with E-state index in [-0.39, 0.29) is 11.3 Å². The van der Waals surface area contributed by atoms with Gasteiger partial charge in [-0.15, -0.1) is 0 Å². The summed E-state index contributed by atoms with van der Waals surface area (Å²) in [5, 5.41) is 2.91. The Balaban J connectivity index is 1.93. The Kier molecular flexibility index (Phi) is 3.28. The molecule has 1 fully saturated rings. The van der Waals surface area contributed by atoms with Crippen LogP contribution in [0.1, 0.15) is 23.7 Å². The fourth-order valence-electron chi connectivity index (χ4n) is 1.83. The second kappa shape index (κ2) is 4.71. The summed E-state index contributed by atoms with van der Waals surface area (Å²) in [6.45, 7) is 4.20. The molecule has 2 rings (SSSR count). The monoisotopic (exact) mass is 235 g/mol. The molecule has 0 saturated carbocycles. The average Bonchev–Trinajstić information content (AvgIpc) is 2.74. The first kappa shape index (κ1) is 11.9. The Bertz CT molecular complexity index is 414. The van der Waals surface area contributed by atoms with Gasteiger partial charge in [-0.25, -0.2) is 4.98 Å². The summed E-state index contributed by atoms with van der Waals surface area (Å²) in [6.07, 6.45) is 2.51. The number of nitrogen functional groups attached to an aromatic ring is 1. The van der Waals surface area contributed by atoms with Crippen molar-refractivity contribution in [2.75, 3.05) is 25.5 Å². The summed E-state index contributed by atoms with van der Waals surface area (Å²) < 4.78 is 5.34. The van der Waals surface area contributed by atoms with Crippen LogP contribution in [-0.4, -0.2) is 30.6 Å². The van der Waals surface area contributed by atoms with E-state index < -0.39 is 0 Å². The number of carbonyl (C=O) groups is 1. The van der Waals surface area contributed by atoms with Gasteiger partial charge in [0.05, 0.1) is 6.61 Å². The Morgan fingerprint density at radius 1 is 1.71 bits per heavy atom. The third kappa shape index (κ3) is 2.94. The van der Waals surface area contributed by atoms with Crippen molar-refractivity contribution in [2.24, 2.45) is 5.41 Å². The van der Waals surface area contributed by atoms with Crippen molar-refractivity contribution < 1.29 is 9.53 Å². The average molecular weight is 235 g/mol. The quantitative estimate of drug-likeness (QED) is 0.813. The normalized spacial score (nSPS) is 23.6. The van der Waals surface area contributed by atoms with Crippen LogP contribution < -0.4 is 11.1 Å².